The summed E-state index contributed by atoms with van der Waals surface area (Å²) in [5.41, 5.74) is 3.04. The molecule has 0 bridgehead atoms. The van der Waals surface area contributed by atoms with E-state index in [2.05, 4.69) is 4.98 Å². The lowest BCUT2D eigenvalue weighted by Gasteiger charge is -2.37. The molecule has 0 spiro atoms. The van der Waals surface area contributed by atoms with Crippen LogP contribution in [0.4, 0.5) is 0 Å². The summed E-state index contributed by atoms with van der Waals surface area (Å²) in [6, 6.07) is 18.0. The number of fused-ring (bicyclic) bond motifs is 3. The zero-order valence-corrected chi connectivity index (χ0v) is 14.4. The predicted molar refractivity (Wildman–Crippen MR) is 99.6 cm³/mol. The van der Waals surface area contributed by atoms with E-state index < -0.39 is 6.23 Å². The highest BCUT2D eigenvalue weighted by molar-refractivity contribution is 6.04. The standard InChI is InChI=1S/C21H17N3O3/c25-13-8-9-19(26)15(11-13)17-12-18-14-5-1-2-7-20(14)27-21(24(18)23-17)16-6-3-4-10-22-16/h1-11,18,21,25-26H,12H2/t18-,21-/m1/s1. The van der Waals surface area contributed by atoms with Gasteiger partial charge in [0.25, 0.3) is 0 Å². The van der Waals surface area contributed by atoms with Crippen molar-refractivity contribution in [3.63, 3.8) is 0 Å². The number of phenolic OH excluding ortho intramolecular Hbond substituents is 2. The lowest BCUT2D eigenvalue weighted by molar-refractivity contribution is -0.0218. The van der Waals surface area contributed by atoms with Crippen LogP contribution >= 0.6 is 0 Å². The molecular weight excluding hydrogens is 342 g/mol. The molecule has 2 aliphatic heterocycles. The van der Waals surface area contributed by atoms with Gasteiger partial charge in [-0.1, -0.05) is 24.3 Å². The minimum atomic E-state index is -0.456. The smallest absolute Gasteiger partial charge is 0.230 e. The Morgan fingerprint density at radius 3 is 2.70 bits per heavy atom. The van der Waals surface area contributed by atoms with Crippen LogP contribution in [0.5, 0.6) is 17.2 Å². The summed E-state index contributed by atoms with van der Waals surface area (Å²) >= 11 is 0. The Morgan fingerprint density at radius 1 is 1.00 bits per heavy atom. The maximum absolute atomic E-state index is 10.3. The number of pyridine rings is 1. The van der Waals surface area contributed by atoms with Crippen LogP contribution in [0.2, 0.25) is 0 Å². The van der Waals surface area contributed by atoms with E-state index in [-0.39, 0.29) is 17.5 Å². The Hall–Kier alpha value is -3.54. The number of hydrazone groups is 1. The second-order valence-electron chi connectivity index (χ2n) is 6.61. The van der Waals surface area contributed by atoms with Crippen LogP contribution in [0.1, 0.15) is 35.5 Å². The van der Waals surface area contributed by atoms with Gasteiger partial charge in [0.15, 0.2) is 0 Å². The van der Waals surface area contributed by atoms with Gasteiger partial charge in [0, 0.05) is 23.7 Å². The first kappa shape index (κ1) is 15.7. The van der Waals surface area contributed by atoms with E-state index in [1.165, 1.54) is 18.2 Å². The first-order chi connectivity index (χ1) is 13.2. The number of nitrogens with zero attached hydrogens (tertiary/aromatic N) is 3. The zero-order valence-electron chi connectivity index (χ0n) is 14.4. The Balaban J connectivity index is 1.62. The van der Waals surface area contributed by atoms with Crippen molar-refractivity contribution in [2.75, 3.05) is 0 Å². The molecule has 0 fully saturated rings. The number of hydrogen-bond donors (Lipinski definition) is 2. The largest absolute Gasteiger partial charge is 0.508 e. The van der Waals surface area contributed by atoms with Gasteiger partial charge in [-0.25, -0.2) is 5.01 Å². The number of aromatic hydroxyl groups is 2. The Labute approximate surface area is 156 Å². The van der Waals surface area contributed by atoms with Crippen LogP contribution in [0.15, 0.2) is 72.0 Å². The zero-order chi connectivity index (χ0) is 18.4. The van der Waals surface area contributed by atoms with Crippen molar-refractivity contribution in [2.24, 2.45) is 5.10 Å². The number of aromatic nitrogens is 1. The highest BCUT2D eigenvalue weighted by atomic mass is 16.5. The second-order valence-corrected chi connectivity index (χ2v) is 6.61. The van der Waals surface area contributed by atoms with Gasteiger partial charge in [0.2, 0.25) is 6.23 Å². The summed E-state index contributed by atoms with van der Waals surface area (Å²) in [7, 11) is 0. The number of para-hydroxylation sites is 1. The molecule has 2 atom stereocenters. The minimum absolute atomic E-state index is 0.0290. The second kappa shape index (κ2) is 6.02. The van der Waals surface area contributed by atoms with Crippen molar-refractivity contribution >= 4 is 5.71 Å². The summed E-state index contributed by atoms with van der Waals surface area (Å²) < 4.78 is 6.21. The van der Waals surface area contributed by atoms with Crippen molar-refractivity contribution < 1.29 is 14.9 Å². The van der Waals surface area contributed by atoms with Crippen molar-refractivity contribution in [3.05, 3.63) is 83.7 Å². The Morgan fingerprint density at radius 2 is 1.85 bits per heavy atom. The van der Waals surface area contributed by atoms with Gasteiger partial charge < -0.3 is 14.9 Å². The lowest BCUT2D eigenvalue weighted by atomic mass is 9.96. The number of ether oxygens (including phenoxy) is 1. The number of hydrogen-bond acceptors (Lipinski definition) is 6. The molecule has 3 aromatic rings. The Bertz CT molecular complexity index is 1040. The van der Waals surface area contributed by atoms with E-state index in [0.29, 0.717) is 17.7 Å². The normalized spacial score (nSPS) is 20.4. The lowest BCUT2D eigenvalue weighted by Crippen LogP contribution is -2.34. The monoisotopic (exact) mass is 359 g/mol. The molecule has 0 amide bonds. The van der Waals surface area contributed by atoms with Crippen molar-refractivity contribution in [2.45, 2.75) is 18.7 Å². The van der Waals surface area contributed by atoms with E-state index in [4.69, 9.17) is 9.84 Å². The van der Waals surface area contributed by atoms with Gasteiger partial charge in [-0.15, -0.1) is 0 Å². The van der Waals surface area contributed by atoms with Crippen molar-refractivity contribution in [1.82, 2.24) is 9.99 Å². The molecule has 27 heavy (non-hydrogen) atoms. The van der Waals surface area contributed by atoms with Crippen molar-refractivity contribution in [1.29, 1.82) is 0 Å². The molecule has 6 nitrogen and oxygen atoms in total. The summed E-state index contributed by atoms with van der Waals surface area (Å²) in [6.45, 7) is 0. The molecule has 6 heteroatoms. The molecule has 1 aromatic heterocycles. The minimum Gasteiger partial charge on any atom is -0.508 e. The van der Waals surface area contributed by atoms with Gasteiger partial charge in [-0.3, -0.25) is 4.98 Å². The molecule has 0 saturated heterocycles. The van der Waals surface area contributed by atoms with Gasteiger partial charge in [-0.2, -0.15) is 5.10 Å². The molecule has 0 unspecified atom stereocenters. The molecule has 2 aliphatic rings. The maximum atomic E-state index is 10.3. The molecule has 2 N–H and O–H groups in total. The summed E-state index contributed by atoms with van der Waals surface area (Å²) in [6.07, 6.45) is 1.87. The first-order valence-corrected chi connectivity index (χ1v) is 8.75. The molecule has 5 rings (SSSR count). The fourth-order valence-corrected chi connectivity index (χ4v) is 3.67. The number of rotatable bonds is 2. The molecule has 2 aromatic carbocycles. The van der Waals surface area contributed by atoms with Gasteiger partial charge in [0.05, 0.1) is 11.8 Å². The highest BCUT2D eigenvalue weighted by Crippen LogP contribution is 2.47. The highest BCUT2D eigenvalue weighted by Gasteiger charge is 2.41. The average Bonchev–Trinajstić information content (AvgIpc) is 3.15. The fraction of sp³-hybridized carbons (Fsp3) is 0.143. The Kier molecular flexibility index (Phi) is 3.50. The molecule has 3 heterocycles. The third-order valence-corrected chi connectivity index (χ3v) is 4.93. The van der Waals surface area contributed by atoms with Crippen molar-refractivity contribution in [3.8, 4) is 17.2 Å². The third kappa shape index (κ3) is 2.57. The summed E-state index contributed by atoms with van der Waals surface area (Å²) in [4.78, 5) is 4.44. The van der Waals surface area contributed by atoms with Crippen LogP contribution in [0.25, 0.3) is 0 Å². The molecular formula is C21H17N3O3. The SMILES string of the molecule is Oc1ccc(O)c(C2=NN3[C@H](C2)c2ccccc2O[C@@H]3c2ccccn2)c1. The van der Waals surface area contributed by atoms with Crippen LogP contribution in [-0.4, -0.2) is 25.9 Å². The number of phenols is 2. The fourth-order valence-electron chi connectivity index (χ4n) is 3.67. The molecule has 0 saturated carbocycles. The van der Waals surface area contributed by atoms with E-state index in [9.17, 15) is 10.2 Å². The molecule has 0 aliphatic carbocycles. The quantitative estimate of drug-likeness (QED) is 0.682. The van der Waals surface area contributed by atoms with Gasteiger partial charge in [-0.05, 0) is 36.4 Å². The van der Waals surface area contributed by atoms with E-state index in [1.54, 1.807) is 6.20 Å². The first-order valence-electron chi connectivity index (χ1n) is 8.75. The van der Waals surface area contributed by atoms with Crippen LogP contribution in [0.3, 0.4) is 0 Å². The summed E-state index contributed by atoms with van der Waals surface area (Å²) in [5.74, 6) is 0.995. The predicted octanol–water partition coefficient (Wildman–Crippen LogP) is 3.74. The van der Waals surface area contributed by atoms with E-state index in [1.807, 2.05) is 47.5 Å². The van der Waals surface area contributed by atoms with Crippen LogP contribution in [-0.2, 0) is 0 Å². The third-order valence-electron chi connectivity index (χ3n) is 4.93. The van der Waals surface area contributed by atoms with Gasteiger partial charge >= 0.3 is 0 Å². The van der Waals surface area contributed by atoms with E-state index >= 15 is 0 Å². The molecule has 134 valence electrons. The number of benzene rings is 2. The van der Waals surface area contributed by atoms with Crippen LogP contribution < -0.4 is 4.74 Å². The topological polar surface area (TPSA) is 78.2 Å². The van der Waals surface area contributed by atoms with E-state index in [0.717, 1.165) is 17.0 Å². The van der Waals surface area contributed by atoms with Crippen LogP contribution in [0, 0.1) is 0 Å². The maximum Gasteiger partial charge on any atom is 0.230 e. The molecule has 0 radical (unpaired) electrons. The summed E-state index contributed by atoms with van der Waals surface area (Å²) in [5, 5.41) is 26.7. The average molecular weight is 359 g/mol. The van der Waals surface area contributed by atoms with Gasteiger partial charge in [0.1, 0.15) is 22.9 Å².